The molecule has 4 nitrogen and oxygen atoms in total. The molecule has 2 aliphatic carbocycles. The third-order valence-electron chi connectivity index (χ3n) is 5.04. The van der Waals surface area contributed by atoms with E-state index in [0.29, 0.717) is 24.7 Å². The van der Waals surface area contributed by atoms with Gasteiger partial charge in [-0.25, -0.2) is 4.79 Å². The van der Waals surface area contributed by atoms with Crippen LogP contribution in [0.15, 0.2) is 11.6 Å². The van der Waals surface area contributed by atoms with E-state index >= 15 is 0 Å². The van der Waals surface area contributed by atoms with Crippen molar-refractivity contribution in [3.05, 3.63) is 11.6 Å². The molecule has 4 unspecified atom stereocenters. The zero-order valence-corrected chi connectivity index (χ0v) is 16.4. The maximum Gasteiger partial charge on any atom is 0.333 e. The lowest BCUT2D eigenvalue weighted by molar-refractivity contribution is -0.318. The van der Waals surface area contributed by atoms with Crippen LogP contribution in [0.4, 0.5) is 0 Å². The quantitative estimate of drug-likeness (QED) is 0.543. The molecule has 1 aliphatic heterocycles. The SMILES string of the molecule is C/C=C(\C)C(=O)OCC1CCOC2(CC3CCC2C3)O1.CC.CC. The van der Waals surface area contributed by atoms with Gasteiger partial charge < -0.3 is 14.2 Å². The summed E-state index contributed by atoms with van der Waals surface area (Å²) in [6.45, 7) is 12.7. The minimum atomic E-state index is -0.367. The average molecular weight is 341 g/mol. The van der Waals surface area contributed by atoms with Crippen molar-refractivity contribution in [3.63, 3.8) is 0 Å². The van der Waals surface area contributed by atoms with E-state index in [0.717, 1.165) is 18.8 Å². The summed E-state index contributed by atoms with van der Waals surface area (Å²) in [4.78, 5) is 11.7. The second kappa shape index (κ2) is 10.2. The Kier molecular flexibility index (Phi) is 8.99. The predicted octanol–water partition coefficient (Wildman–Crippen LogP) is 4.87. The first-order chi connectivity index (χ1) is 11.6. The summed E-state index contributed by atoms with van der Waals surface area (Å²) >= 11 is 0. The highest BCUT2D eigenvalue weighted by atomic mass is 16.7. The number of hydrogen-bond acceptors (Lipinski definition) is 4. The van der Waals surface area contributed by atoms with E-state index in [4.69, 9.17) is 14.2 Å². The Morgan fingerprint density at radius 2 is 1.92 bits per heavy atom. The minimum Gasteiger partial charge on any atom is -0.460 e. The molecule has 2 bridgehead atoms. The predicted molar refractivity (Wildman–Crippen MR) is 96.7 cm³/mol. The number of fused-ring (bicyclic) bond motifs is 3. The largest absolute Gasteiger partial charge is 0.460 e. The lowest BCUT2D eigenvalue weighted by atomic mass is 9.92. The van der Waals surface area contributed by atoms with Crippen molar-refractivity contribution in [1.82, 2.24) is 0 Å². The number of allylic oxidation sites excluding steroid dienone is 1. The Bertz CT molecular complexity index is 418. The molecule has 0 aromatic heterocycles. The van der Waals surface area contributed by atoms with Gasteiger partial charge in [0.2, 0.25) is 0 Å². The van der Waals surface area contributed by atoms with Gasteiger partial charge in [-0.15, -0.1) is 0 Å². The first kappa shape index (κ1) is 21.2. The topological polar surface area (TPSA) is 44.8 Å². The van der Waals surface area contributed by atoms with Crippen LogP contribution in [0.25, 0.3) is 0 Å². The number of carbonyl (C=O) groups excluding carboxylic acids is 1. The normalized spacial score (nSPS) is 34.1. The Balaban J connectivity index is 0.000000671. The summed E-state index contributed by atoms with van der Waals surface area (Å²) in [6, 6.07) is 0. The smallest absolute Gasteiger partial charge is 0.333 e. The molecule has 1 heterocycles. The Hall–Kier alpha value is -0.870. The molecule has 3 aliphatic rings. The second-order valence-corrected chi connectivity index (χ2v) is 6.34. The van der Waals surface area contributed by atoms with Crippen LogP contribution in [0.1, 0.15) is 73.6 Å². The highest BCUT2D eigenvalue weighted by molar-refractivity contribution is 5.87. The molecule has 0 N–H and O–H groups in total. The molecule has 0 aromatic rings. The first-order valence-corrected chi connectivity index (χ1v) is 9.75. The molecule has 4 heteroatoms. The van der Waals surface area contributed by atoms with Crippen molar-refractivity contribution in [1.29, 1.82) is 0 Å². The van der Waals surface area contributed by atoms with Gasteiger partial charge in [0.05, 0.1) is 12.7 Å². The van der Waals surface area contributed by atoms with Gasteiger partial charge in [-0.1, -0.05) is 33.8 Å². The molecule has 24 heavy (non-hydrogen) atoms. The van der Waals surface area contributed by atoms with E-state index in [1.54, 1.807) is 13.0 Å². The Morgan fingerprint density at radius 1 is 1.21 bits per heavy atom. The molecule has 4 atom stereocenters. The van der Waals surface area contributed by atoms with Crippen LogP contribution in [0, 0.1) is 11.8 Å². The highest BCUT2D eigenvalue weighted by Gasteiger charge is 2.55. The average Bonchev–Trinajstić information content (AvgIpc) is 3.23. The van der Waals surface area contributed by atoms with Crippen molar-refractivity contribution in [2.45, 2.75) is 85.5 Å². The maximum atomic E-state index is 11.7. The number of carbonyl (C=O) groups is 1. The van der Waals surface area contributed by atoms with E-state index in [2.05, 4.69) is 0 Å². The zero-order chi connectivity index (χ0) is 18.2. The van der Waals surface area contributed by atoms with Gasteiger partial charge in [0.25, 0.3) is 0 Å². The van der Waals surface area contributed by atoms with Gasteiger partial charge in [0, 0.05) is 24.3 Å². The van der Waals surface area contributed by atoms with E-state index in [-0.39, 0.29) is 17.9 Å². The molecule has 0 amide bonds. The van der Waals surface area contributed by atoms with Gasteiger partial charge in [-0.05, 0) is 39.0 Å². The van der Waals surface area contributed by atoms with Crippen molar-refractivity contribution in [3.8, 4) is 0 Å². The Labute approximate surface area is 147 Å². The van der Waals surface area contributed by atoms with Gasteiger partial charge >= 0.3 is 5.97 Å². The summed E-state index contributed by atoms with van der Waals surface area (Å²) < 4.78 is 17.5. The summed E-state index contributed by atoms with van der Waals surface area (Å²) in [6.07, 6.45) is 7.36. The molecule has 3 fully saturated rings. The third kappa shape index (κ3) is 4.82. The number of ether oxygens (including phenoxy) is 3. The van der Waals surface area contributed by atoms with Crippen molar-refractivity contribution < 1.29 is 19.0 Å². The van der Waals surface area contributed by atoms with Crippen molar-refractivity contribution in [2.75, 3.05) is 13.2 Å². The van der Waals surface area contributed by atoms with E-state index < -0.39 is 0 Å². The van der Waals surface area contributed by atoms with E-state index in [1.165, 1.54) is 19.3 Å². The molecule has 0 aromatic carbocycles. The Morgan fingerprint density at radius 3 is 2.46 bits per heavy atom. The van der Waals surface area contributed by atoms with Crippen LogP contribution >= 0.6 is 0 Å². The second-order valence-electron chi connectivity index (χ2n) is 6.34. The fourth-order valence-electron chi connectivity index (χ4n) is 3.81. The summed E-state index contributed by atoms with van der Waals surface area (Å²) in [5, 5.41) is 0. The number of hydrogen-bond donors (Lipinski definition) is 0. The van der Waals surface area contributed by atoms with Crippen LogP contribution in [0.5, 0.6) is 0 Å². The van der Waals surface area contributed by atoms with Crippen LogP contribution in [0.3, 0.4) is 0 Å². The standard InChI is InChI=1S/C16H24O4.2C2H6/c1-3-11(2)15(17)18-10-14-6-7-19-16(20-14)9-12-4-5-13(16)8-12;2*1-2/h3,12-14H,4-10H2,1-2H3;2*1-2H3/b11-3+;;. The minimum absolute atomic E-state index is 0.0169. The fourth-order valence-corrected chi connectivity index (χ4v) is 3.81. The van der Waals surface area contributed by atoms with Crippen molar-refractivity contribution in [2.24, 2.45) is 11.8 Å². The van der Waals surface area contributed by atoms with Gasteiger partial charge in [-0.2, -0.15) is 0 Å². The summed E-state index contributed by atoms with van der Waals surface area (Å²) in [7, 11) is 0. The first-order valence-electron chi connectivity index (χ1n) is 9.75. The fraction of sp³-hybridized carbons (Fsp3) is 0.850. The monoisotopic (exact) mass is 340 g/mol. The molecular formula is C20H36O4. The van der Waals surface area contributed by atoms with Crippen LogP contribution in [0.2, 0.25) is 0 Å². The van der Waals surface area contributed by atoms with Crippen LogP contribution < -0.4 is 0 Å². The lowest BCUT2D eigenvalue weighted by Gasteiger charge is -2.43. The van der Waals surface area contributed by atoms with Gasteiger partial charge in [0.1, 0.15) is 6.61 Å². The lowest BCUT2D eigenvalue weighted by Crippen LogP contribution is -2.49. The molecular weight excluding hydrogens is 304 g/mol. The molecule has 2 saturated carbocycles. The zero-order valence-electron chi connectivity index (χ0n) is 16.4. The molecule has 1 spiro atoms. The summed E-state index contributed by atoms with van der Waals surface area (Å²) in [5.41, 5.74) is 0.645. The van der Waals surface area contributed by atoms with Crippen LogP contribution in [-0.4, -0.2) is 31.1 Å². The molecule has 0 radical (unpaired) electrons. The molecule has 140 valence electrons. The molecule has 1 saturated heterocycles. The number of esters is 1. The van der Waals surface area contributed by atoms with Crippen molar-refractivity contribution >= 4 is 5.97 Å². The molecule has 3 rings (SSSR count). The highest BCUT2D eigenvalue weighted by Crippen LogP contribution is 2.54. The van der Waals surface area contributed by atoms with Crippen LogP contribution in [-0.2, 0) is 19.0 Å². The number of rotatable bonds is 3. The van der Waals surface area contributed by atoms with Gasteiger partial charge in [0.15, 0.2) is 5.79 Å². The van der Waals surface area contributed by atoms with E-state index in [1.807, 2.05) is 34.6 Å². The maximum absolute atomic E-state index is 11.7. The third-order valence-corrected chi connectivity index (χ3v) is 5.04. The van der Waals surface area contributed by atoms with E-state index in [9.17, 15) is 4.79 Å². The van der Waals surface area contributed by atoms with Gasteiger partial charge in [-0.3, -0.25) is 0 Å². The summed E-state index contributed by atoms with van der Waals surface area (Å²) in [5.74, 6) is 0.702.